The van der Waals surface area contributed by atoms with Crippen molar-refractivity contribution in [1.82, 2.24) is 9.97 Å². The number of hydrogen-bond acceptors (Lipinski definition) is 4. The maximum absolute atomic E-state index is 12.2. The van der Waals surface area contributed by atoms with Crippen LogP contribution in [-0.2, 0) is 0 Å². The van der Waals surface area contributed by atoms with E-state index in [-0.39, 0.29) is 11.6 Å². The zero-order valence-corrected chi connectivity index (χ0v) is 12.7. The van der Waals surface area contributed by atoms with Crippen LogP contribution in [0.25, 0.3) is 0 Å². The number of rotatable bonds is 4. The monoisotopic (exact) mass is 304 g/mol. The Balaban J connectivity index is 1.68. The number of benzene rings is 2. The Hall–Kier alpha value is -3.21. The van der Waals surface area contributed by atoms with Crippen molar-refractivity contribution in [2.24, 2.45) is 0 Å². The molecule has 0 aliphatic heterocycles. The molecule has 1 aromatic heterocycles. The second-order valence-electron chi connectivity index (χ2n) is 5.10. The highest BCUT2D eigenvalue weighted by molar-refractivity contribution is 6.02. The van der Waals surface area contributed by atoms with Crippen molar-refractivity contribution in [2.75, 3.05) is 10.6 Å². The lowest BCUT2D eigenvalue weighted by Crippen LogP contribution is -2.14. The highest BCUT2D eigenvalue weighted by atomic mass is 16.1. The number of nitrogens with zero attached hydrogens (tertiary/aromatic N) is 2. The molecule has 0 aliphatic rings. The van der Waals surface area contributed by atoms with E-state index < -0.39 is 0 Å². The van der Waals surface area contributed by atoms with Crippen molar-refractivity contribution >= 4 is 23.1 Å². The van der Waals surface area contributed by atoms with Gasteiger partial charge in [-0.15, -0.1) is 0 Å². The molecular weight excluding hydrogens is 288 g/mol. The van der Waals surface area contributed by atoms with Gasteiger partial charge in [0.2, 0.25) is 0 Å². The smallest absolute Gasteiger partial charge is 0.275 e. The van der Waals surface area contributed by atoms with Crippen LogP contribution in [0.15, 0.2) is 67.0 Å². The molecule has 1 heterocycles. The van der Waals surface area contributed by atoms with Crippen LogP contribution in [0.1, 0.15) is 16.1 Å². The third kappa shape index (κ3) is 3.91. The van der Waals surface area contributed by atoms with E-state index in [0.717, 1.165) is 16.9 Å². The maximum Gasteiger partial charge on any atom is 0.275 e. The van der Waals surface area contributed by atoms with E-state index in [2.05, 4.69) is 20.6 Å². The van der Waals surface area contributed by atoms with E-state index in [0.29, 0.717) is 5.82 Å². The van der Waals surface area contributed by atoms with Crippen molar-refractivity contribution in [2.45, 2.75) is 6.92 Å². The summed E-state index contributed by atoms with van der Waals surface area (Å²) in [6, 6.07) is 17.3. The van der Waals surface area contributed by atoms with Gasteiger partial charge in [-0.05, 0) is 36.8 Å². The number of hydrogen-bond donors (Lipinski definition) is 2. The summed E-state index contributed by atoms with van der Waals surface area (Å²) in [6.45, 7) is 1.97. The number of nitrogens with one attached hydrogen (secondary N) is 2. The van der Waals surface area contributed by atoms with Gasteiger partial charge in [0.25, 0.3) is 5.91 Å². The van der Waals surface area contributed by atoms with Gasteiger partial charge in [0.05, 0.1) is 12.4 Å². The number of amides is 1. The van der Waals surface area contributed by atoms with Crippen molar-refractivity contribution in [3.05, 3.63) is 78.2 Å². The van der Waals surface area contributed by atoms with Crippen LogP contribution in [0.4, 0.5) is 17.2 Å². The Morgan fingerprint density at radius 2 is 1.70 bits per heavy atom. The van der Waals surface area contributed by atoms with Gasteiger partial charge >= 0.3 is 0 Å². The van der Waals surface area contributed by atoms with Crippen molar-refractivity contribution < 1.29 is 4.79 Å². The lowest BCUT2D eigenvalue weighted by molar-refractivity contribution is 0.102. The van der Waals surface area contributed by atoms with E-state index in [4.69, 9.17) is 0 Å². The van der Waals surface area contributed by atoms with Crippen molar-refractivity contribution in [3.8, 4) is 0 Å². The second kappa shape index (κ2) is 6.70. The molecule has 114 valence electrons. The van der Waals surface area contributed by atoms with Crippen LogP contribution in [-0.4, -0.2) is 15.9 Å². The lowest BCUT2D eigenvalue weighted by Gasteiger charge is -2.07. The summed E-state index contributed by atoms with van der Waals surface area (Å²) in [5.41, 5.74) is 3.00. The maximum atomic E-state index is 12.2. The Morgan fingerprint density at radius 1 is 0.913 bits per heavy atom. The minimum absolute atomic E-state index is 0.269. The predicted molar refractivity (Wildman–Crippen MR) is 90.9 cm³/mol. The molecule has 3 rings (SSSR count). The number of anilines is 3. The molecule has 0 saturated heterocycles. The number of aromatic nitrogens is 2. The van der Waals surface area contributed by atoms with Crippen molar-refractivity contribution in [3.63, 3.8) is 0 Å². The number of carbonyl (C=O) groups excluding carboxylic acids is 1. The third-order valence-corrected chi connectivity index (χ3v) is 3.21. The van der Waals surface area contributed by atoms with Crippen LogP contribution in [0.5, 0.6) is 0 Å². The Bertz CT molecular complexity index is 801. The molecule has 0 atom stereocenters. The van der Waals surface area contributed by atoms with Crippen LogP contribution in [0, 0.1) is 6.92 Å². The first-order chi connectivity index (χ1) is 11.2. The predicted octanol–water partition coefficient (Wildman–Crippen LogP) is 3.78. The normalized spacial score (nSPS) is 10.1. The van der Waals surface area contributed by atoms with Gasteiger partial charge in [-0.2, -0.15) is 0 Å². The average Bonchev–Trinajstić information content (AvgIpc) is 2.56. The Labute approximate surface area is 134 Å². The molecule has 0 unspecified atom stereocenters. The second-order valence-corrected chi connectivity index (χ2v) is 5.10. The summed E-state index contributed by atoms with van der Waals surface area (Å²) >= 11 is 0. The SMILES string of the molecule is Cc1cccc(NC(=O)c2cnc(Nc3ccccc3)cn2)c1. The summed E-state index contributed by atoms with van der Waals surface area (Å²) in [4.78, 5) is 20.5. The van der Waals surface area contributed by atoms with Crippen LogP contribution >= 0.6 is 0 Å². The molecule has 5 heteroatoms. The summed E-state index contributed by atoms with van der Waals surface area (Å²) < 4.78 is 0. The molecule has 2 N–H and O–H groups in total. The van der Waals surface area contributed by atoms with E-state index >= 15 is 0 Å². The molecule has 0 spiro atoms. The van der Waals surface area contributed by atoms with Gasteiger partial charge in [0, 0.05) is 11.4 Å². The summed E-state index contributed by atoms with van der Waals surface area (Å²) in [7, 11) is 0. The van der Waals surface area contributed by atoms with Crippen LogP contribution < -0.4 is 10.6 Å². The van der Waals surface area contributed by atoms with E-state index in [1.807, 2.05) is 61.5 Å². The van der Waals surface area contributed by atoms with Gasteiger partial charge in [-0.1, -0.05) is 30.3 Å². The van der Waals surface area contributed by atoms with Gasteiger partial charge in [0.1, 0.15) is 11.5 Å². The fourth-order valence-electron chi connectivity index (χ4n) is 2.10. The van der Waals surface area contributed by atoms with E-state index in [1.165, 1.54) is 12.4 Å². The molecule has 2 aromatic carbocycles. The quantitative estimate of drug-likeness (QED) is 0.769. The molecule has 0 aliphatic carbocycles. The van der Waals surface area contributed by atoms with Crippen LogP contribution in [0.3, 0.4) is 0 Å². The molecule has 0 radical (unpaired) electrons. The number of para-hydroxylation sites is 1. The molecule has 1 amide bonds. The third-order valence-electron chi connectivity index (χ3n) is 3.21. The topological polar surface area (TPSA) is 66.9 Å². The molecular formula is C18H16N4O. The molecule has 0 fully saturated rings. The lowest BCUT2D eigenvalue weighted by atomic mass is 10.2. The molecule has 3 aromatic rings. The molecule has 0 saturated carbocycles. The number of aryl methyl sites for hydroxylation is 1. The van der Waals surface area contributed by atoms with E-state index in [1.54, 1.807) is 0 Å². The minimum atomic E-state index is -0.283. The molecule has 0 bridgehead atoms. The summed E-state index contributed by atoms with van der Waals surface area (Å²) in [5.74, 6) is 0.303. The molecule has 23 heavy (non-hydrogen) atoms. The van der Waals surface area contributed by atoms with Crippen LogP contribution in [0.2, 0.25) is 0 Å². The van der Waals surface area contributed by atoms with Gasteiger partial charge in [-0.25, -0.2) is 9.97 Å². The summed E-state index contributed by atoms with van der Waals surface area (Å²) in [5, 5.41) is 5.93. The minimum Gasteiger partial charge on any atom is -0.339 e. The van der Waals surface area contributed by atoms with Gasteiger partial charge in [-0.3, -0.25) is 4.79 Å². The van der Waals surface area contributed by atoms with Crippen molar-refractivity contribution in [1.29, 1.82) is 0 Å². The highest BCUT2D eigenvalue weighted by Gasteiger charge is 2.08. The first-order valence-corrected chi connectivity index (χ1v) is 7.23. The number of carbonyl (C=O) groups is 1. The standard InChI is InChI=1S/C18H16N4O/c1-13-6-5-9-15(10-13)22-18(23)16-11-20-17(12-19-16)21-14-7-3-2-4-8-14/h2-12H,1H3,(H,20,21)(H,22,23). The fourth-order valence-corrected chi connectivity index (χ4v) is 2.10. The van der Waals surface area contributed by atoms with Gasteiger partial charge in [0.15, 0.2) is 0 Å². The van der Waals surface area contributed by atoms with Gasteiger partial charge < -0.3 is 10.6 Å². The average molecular weight is 304 g/mol. The first kappa shape index (κ1) is 14.7. The summed E-state index contributed by atoms with van der Waals surface area (Å²) in [6.07, 6.45) is 2.99. The zero-order valence-electron chi connectivity index (χ0n) is 12.7. The Kier molecular flexibility index (Phi) is 4.29. The molecule has 5 nitrogen and oxygen atoms in total. The largest absolute Gasteiger partial charge is 0.339 e. The zero-order chi connectivity index (χ0) is 16.1. The first-order valence-electron chi connectivity index (χ1n) is 7.23. The highest BCUT2D eigenvalue weighted by Crippen LogP contribution is 2.14. The Morgan fingerprint density at radius 3 is 2.39 bits per heavy atom. The fraction of sp³-hybridized carbons (Fsp3) is 0.0556. The van der Waals surface area contributed by atoms with E-state index in [9.17, 15) is 4.79 Å².